The fourth-order valence-corrected chi connectivity index (χ4v) is 5.20. The SMILES string of the molecule is CCN1C(SCC(=O)Nc2ccc(C)cc2C)=NS(=O)(=O)c2ccccc21. The quantitative estimate of drug-likeness (QED) is 0.844. The van der Waals surface area contributed by atoms with Gasteiger partial charge in [-0.15, -0.1) is 4.40 Å². The zero-order valence-electron chi connectivity index (χ0n) is 15.4. The molecule has 1 aliphatic rings. The van der Waals surface area contributed by atoms with Crippen LogP contribution < -0.4 is 10.2 Å². The molecule has 0 radical (unpaired) electrons. The molecule has 0 aromatic heterocycles. The van der Waals surface area contributed by atoms with Crippen LogP contribution in [0.1, 0.15) is 18.1 Å². The number of benzene rings is 2. The predicted octanol–water partition coefficient (Wildman–Crippen LogP) is 3.56. The van der Waals surface area contributed by atoms with Crippen LogP contribution in [0, 0.1) is 13.8 Å². The number of para-hydroxylation sites is 1. The number of fused-ring (bicyclic) bond motifs is 1. The number of sulfonamides is 1. The summed E-state index contributed by atoms with van der Waals surface area (Å²) < 4.78 is 28.8. The smallest absolute Gasteiger partial charge is 0.286 e. The molecule has 0 saturated heterocycles. The van der Waals surface area contributed by atoms with Crippen LogP contribution in [-0.2, 0) is 14.8 Å². The largest absolute Gasteiger partial charge is 0.325 e. The van der Waals surface area contributed by atoms with Gasteiger partial charge in [0.05, 0.1) is 11.4 Å². The highest BCUT2D eigenvalue weighted by Crippen LogP contribution is 2.33. The maximum absolute atomic E-state index is 12.4. The zero-order valence-corrected chi connectivity index (χ0v) is 17.0. The third kappa shape index (κ3) is 4.17. The van der Waals surface area contributed by atoms with Gasteiger partial charge in [0.15, 0.2) is 5.17 Å². The summed E-state index contributed by atoms with van der Waals surface area (Å²) >= 11 is 1.12. The third-order valence-corrected chi connectivity index (χ3v) is 6.57. The highest BCUT2D eigenvalue weighted by atomic mass is 32.2. The van der Waals surface area contributed by atoms with E-state index in [1.54, 1.807) is 24.3 Å². The number of aryl methyl sites for hydroxylation is 2. The first-order valence-electron chi connectivity index (χ1n) is 8.53. The number of rotatable bonds is 4. The molecule has 0 saturated carbocycles. The number of carbonyl (C=O) groups excluding carboxylic acids is 1. The molecule has 3 rings (SSSR count). The van der Waals surface area contributed by atoms with E-state index in [0.29, 0.717) is 17.4 Å². The van der Waals surface area contributed by atoms with Gasteiger partial charge in [-0.1, -0.05) is 41.6 Å². The number of hydrogen-bond acceptors (Lipinski definition) is 5. The first-order chi connectivity index (χ1) is 12.8. The Hall–Kier alpha value is -2.32. The molecule has 27 heavy (non-hydrogen) atoms. The lowest BCUT2D eigenvalue weighted by atomic mass is 10.1. The number of carbonyl (C=O) groups is 1. The molecule has 2 aromatic carbocycles. The third-order valence-electron chi connectivity index (χ3n) is 4.17. The van der Waals surface area contributed by atoms with E-state index in [1.165, 1.54) is 0 Å². The van der Waals surface area contributed by atoms with Crippen LogP contribution in [-0.4, -0.2) is 31.8 Å². The lowest BCUT2D eigenvalue weighted by Crippen LogP contribution is -2.34. The van der Waals surface area contributed by atoms with Crippen molar-refractivity contribution in [2.45, 2.75) is 25.7 Å². The van der Waals surface area contributed by atoms with Crippen LogP contribution >= 0.6 is 11.8 Å². The van der Waals surface area contributed by atoms with Gasteiger partial charge in [-0.05, 0) is 44.5 Å². The fourth-order valence-electron chi connectivity index (χ4n) is 2.88. The van der Waals surface area contributed by atoms with E-state index in [0.717, 1.165) is 28.6 Å². The van der Waals surface area contributed by atoms with Crippen LogP contribution in [0.4, 0.5) is 11.4 Å². The summed E-state index contributed by atoms with van der Waals surface area (Å²) in [5.74, 6) is -0.137. The van der Waals surface area contributed by atoms with Gasteiger partial charge in [-0.3, -0.25) is 4.79 Å². The molecule has 2 aromatic rings. The average molecular weight is 404 g/mol. The van der Waals surface area contributed by atoms with Crippen molar-refractivity contribution < 1.29 is 13.2 Å². The molecule has 6 nitrogen and oxygen atoms in total. The summed E-state index contributed by atoms with van der Waals surface area (Å²) in [5.41, 5.74) is 3.45. The summed E-state index contributed by atoms with van der Waals surface area (Å²) in [5, 5.41) is 3.18. The molecule has 1 heterocycles. The minimum atomic E-state index is -3.76. The Morgan fingerprint density at radius 1 is 1.19 bits per heavy atom. The first-order valence-corrected chi connectivity index (χ1v) is 11.0. The Morgan fingerprint density at radius 3 is 2.63 bits per heavy atom. The molecule has 0 spiro atoms. The van der Waals surface area contributed by atoms with E-state index in [-0.39, 0.29) is 16.6 Å². The monoisotopic (exact) mass is 403 g/mol. The van der Waals surface area contributed by atoms with E-state index >= 15 is 0 Å². The van der Waals surface area contributed by atoms with Gasteiger partial charge in [0, 0.05) is 12.2 Å². The number of thioether (sulfide) groups is 1. The molecular formula is C19H21N3O3S2. The van der Waals surface area contributed by atoms with Gasteiger partial charge < -0.3 is 10.2 Å². The summed E-state index contributed by atoms with van der Waals surface area (Å²) in [6.45, 7) is 6.40. The van der Waals surface area contributed by atoms with Crippen LogP contribution in [0.2, 0.25) is 0 Å². The molecule has 1 amide bonds. The predicted molar refractivity (Wildman–Crippen MR) is 111 cm³/mol. The van der Waals surface area contributed by atoms with Crippen LogP contribution in [0.15, 0.2) is 51.8 Å². The van der Waals surface area contributed by atoms with Crippen molar-refractivity contribution in [3.8, 4) is 0 Å². The van der Waals surface area contributed by atoms with Crippen molar-refractivity contribution in [2.24, 2.45) is 4.40 Å². The van der Waals surface area contributed by atoms with Crippen molar-refractivity contribution in [1.82, 2.24) is 0 Å². The van der Waals surface area contributed by atoms with Crippen LogP contribution in [0.25, 0.3) is 0 Å². The van der Waals surface area contributed by atoms with Crippen molar-refractivity contribution >= 4 is 44.2 Å². The molecule has 1 aliphatic heterocycles. The summed E-state index contributed by atoms with van der Waals surface area (Å²) in [6, 6.07) is 12.6. The number of amides is 1. The molecule has 0 atom stereocenters. The van der Waals surface area contributed by atoms with E-state index in [2.05, 4.69) is 9.71 Å². The number of nitrogens with zero attached hydrogens (tertiary/aromatic N) is 2. The zero-order chi connectivity index (χ0) is 19.6. The molecule has 0 aliphatic carbocycles. The first kappa shape index (κ1) is 19.4. The topological polar surface area (TPSA) is 78.8 Å². The summed E-state index contributed by atoms with van der Waals surface area (Å²) in [7, 11) is -3.76. The van der Waals surface area contributed by atoms with Gasteiger partial charge in [0.25, 0.3) is 10.0 Å². The van der Waals surface area contributed by atoms with Crippen LogP contribution in [0.3, 0.4) is 0 Å². The van der Waals surface area contributed by atoms with E-state index in [4.69, 9.17) is 0 Å². The standard InChI is InChI=1S/C19H21N3O3S2/c1-4-22-16-7-5-6-8-17(16)27(24,25)21-19(22)26-12-18(23)20-15-10-9-13(2)11-14(15)3/h5-11H,4,12H2,1-3H3,(H,20,23). The second-order valence-electron chi connectivity index (χ2n) is 6.22. The number of amidine groups is 1. The van der Waals surface area contributed by atoms with E-state index in [1.807, 2.05) is 43.9 Å². The summed E-state index contributed by atoms with van der Waals surface area (Å²) in [4.78, 5) is 14.3. The maximum atomic E-state index is 12.4. The van der Waals surface area contributed by atoms with Crippen molar-refractivity contribution in [3.05, 3.63) is 53.6 Å². The van der Waals surface area contributed by atoms with Gasteiger partial charge in [-0.25, -0.2) is 0 Å². The Kier molecular flexibility index (Phi) is 5.57. The fraction of sp³-hybridized carbons (Fsp3) is 0.263. The van der Waals surface area contributed by atoms with Crippen molar-refractivity contribution in [2.75, 3.05) is 22.5 Å². The van der Waals surface area contributed by atoms with Crippen LogP contribution in [0.5, 0.6) is 0 Å². The van der Waals surface area contributed by atoms with Gasteiger partial charge in [-0.2, -0.15) is 8.42 Å². The molecule has 142 valence electrons. The number of hydrogen-bond donors (Lipinski definition) is 1. The van der Waals surface area contributed by atoms with Gasteiger partial charge in [0.1, 0.15) is 4.90 Å². The highest BCUT2D eigenvalue weighted by molar-refractivity contribution is 8.15. The second-order valence-corrected chi connectivity index (χ2v) is 8.73. The van der Waals surface area contributed by atoms with Gasteiger partial charge in [0.2, 0.25) is 5.91 Å². The van der Waals surface area contributed by atoms with Crippen molar-refractivity contribution in [3.63, 3.8) is 0 Å². The lowest BCUT2D eigenvalue weighted by molar-refractivity contribution is -0.113. The Bertz CT molecular complexity index is 1020. The highest BCUT2D eigenvalue weighted by Gasteiger charge is 2.30. The van der Waals surface area contributed by atoms with Crippen molar-refractivity contribution in [1.29, 1.82) is 0 Å². The molecular weight excluding hydrogens is 382 g/mol. The second kappa shape index (κ2) is 7.74. The Morgan fingerprint density at radius 2 is 1.93 bits per heavy atom. The molecule has 0 bridgehead atoms. The molecule has 8 heteroatoms. The normalized spacial score (nSPS) is 15.1. The number of anilines is 2. The maximum Gasteiger partial charge on any atom is 0.286 e. The minimum Gasteiger partial charge on any atom is -0.325 e. The van der Waals surface area contributed by atoms with E-state index < -0.39 is 10.0 Å². The molecule has 0 unspecified atom stereocenters. The lowest BCUT2D eigenvalue weighted by Gasteiger charge is -2.29. The average Bonchev–Trinajstić information content (AvgIpc) is 2.62. The molecule has 1 N–H and O–H groups in total. The number of nitrogens with one attached hydrogen (secondary N) is 1. The summed E-state index contributed by atoms with van der Waals surface area (Å²) in [6.07, 6.45) is 0. The minimum absolute atomic E-state index is 0.0698. The Balaban J connectivity index is 1.75. The van der Waals surface area contributed by atoms with Gasteiger partial charge >= 0.3 is 0 Å². The molecule has 0 fully saturated rings. The Labute approximate surface area is 163 Å². The van der Waals surface area contributed by atoms with E-state index in [9.17, 15) is 13.2 Å².